The molecule has 14 nitrogen and oxygen atoms in total. The van der Waals surface area contributed by atoms with E-state index in [0.717, 1.165) is 41.1 Å². The van der Waals surface area contributed by atoms with E-state index in [9.17, 15) is 26.7 Å². The van der Waals surface area contributed by atoms with Crippen molar-refractivity contribution in [3.05, 3.63) is 48.5 Å². The molecule has 0 bridgehead atoms. The quantitative estimate of drug-likeness (QED) is 0.143. The third kappa shape index (κ3) is 8.89. The molecule has 0 spiro atoms. The van der Waals surface area contributed by atoms with Crippen LogP contribution in [0.2, 0.25) is 0 Å². The number of benzene rings is 2. The second kappa shape index (κ2) is 13.6. The molecule has 174 valence electrons. The Bertz CT molecular complexity index is 1430. The van der Waals surface area contributed by atoms with Gasteiger partial charge in [0.1, 0.15) is 0 Å². The minimum absolute atomic E-state index is 0. The number of ether oxygens (including phenoxy) is 1. The van der Waals surface area contributed by atoms with Crippen molar-refractivity contribution in [3.8, 4) is 17.4 Å². The second-order valence-corrected chi connectivity index (χ2v) is 8.74. The number of hydrogen-bond acceptors (Lipinski definition) is 10. The van der Waals surface area contributed by atoms with Gasteiger partial charge in [-0.1, -0.05) is 0 Å². The van der Waals surface area contributed by atoms with Gasteiger partial charge in [0.25, 0.3) is 26.1 Å². The normalized spacial score (nSPS) is 11.1. The van der Waals surface area contributed by atoms with Crippen molar-refractivity contribution in [2.45, 2.75) is 9.79 Å². The summed E-state index contributed by atoms with van der Waals surface area (Å²) in [4.78, 5) is 10.1. The molecule has 0 atom stereocenters. The fourth-order valence-corrected chi connectivity index (χ4v) is 3.31. The zero-order chi connectivity index (χ0) is 23.7. The number of aromatic nitrogens is 2. The van der Waals surface area contributed by atoms with Gasteiger partial charge in [0, 0.05) is 0 Å². The van der Waals surface area contributed by atoms with Crippen LogP contribution in [0.1, 0.15) is 0 Å². The Kier molecular flexibility index (Phi) is 13.3. The van der Waals surface area contributed by atoms with Crippen molar-refractivity contribution in [1.82, 2.24) is 9.78 Å². The predicted molar refractivity (Wildman–Crippen MR) is 126 cm³/mol. The Morgan fingerprint density at radius 1 is 0.829 bits per heavy atom. The molecule has 35 heavy (non-hydrogen) atoms. The molecule has 0 unspecified atom stereocenters. The monoisotopic (exact) mass is 556 g/mol. The Labute approximate surface area is 264 Å². The molecule has 0 aliphatic rings. The first-order chi connectivity index (χ1) is 14.9. The SMILES string of the molecule is O=C(O)Oc1nn(-c2ccc(S(=O)(=O)O)cc2)c(O)c1N=Nc1ccc(S(=O)(=O)O)cc1.[NaH].[NaH].[NaH]. The second-order valence-electron chi connectivity index (χ2n) is 5.90. The molecule has 19 heteroatoms. The van der Waals surface area contributed by atoms with Crippen LogP contribution in [-0.4, -0.2) is 141 Å². The first-order valence-corrected chi connectivity index (χ1v) is 11.0. The van der Waals surface area contributed by atoms with E-state index < -0.39 is 53.6 Å². The molecule has 1 aromatic heterocycles. The summed E-state index contributed by atoms with van der Waals surface area (Å²) in [6.07, 6.45) is -1.77. The van der Waals surface area contributed by atoms with E-state index in [1.807, 2.05) is 0 Å². The molecule has 3 aromatic rings. The fraction of sp³-hybridized carbons (Fsp3) is 0. The molecular formula is C16H15N4Na3O10S2. The van der Waals surface area contributed by atoms with Gasteiger partial charge in [-0.25, -0.2) is 4.79 Å². The van der Waals surface area contributed by atoms with E-state index >= 15 is 0 Å². The number of carbonyl (C=O) groups is 1. The van der Waals surface area contributed by atoms with Gasteiger partial charge < -0.3 is 14.9 Å². The molecule has 4 N–H and O–H groups in total. The van der Waals surface area contributed by atoms with Crippen LogP contribution in [0, 0.1) is 0 Å². The topological polar surface area (TPSA) is 218 Å². The van der Waals surface area contributed by atoms with E-state index in [2.05, 4.69) is 20.1 Å². The van der Waals surface area contributed by atoms with Crippen molar-refractivity contribution in [3.63, 3.8) is 0 Å². The summed E-state index contributed by atoms with van der Waals surface area (Å²) in [6.45, 7) is 0. The van der Waals surface area contributed by atoms with E-state index in [1.54, 1.807) is 0 Å². The third-order valence-corrected chi connectivity index (χ3v) is 5.50. The van der Waals surface area contributed by atoms with E-state index in [0.29, 0.717) is 0 Å². The Morgan fingerprint density at radius 2 is 1.29 bits per heavy atom. The summed E-state index contributed by atoms with van der Waals surface area (Å²) < 4.78 is 67.7. The van der Waals surface area contributed by atoms with Crippen molar-refractivity contribution in [2.75, 3.05) is 0 Å². The molecule has 0 saturated heterocycles. The van der Waals surface area contributed by atoms with Crippen LogP contribution in [0.15, 0.2) is 68.6 Å². The molecule has 0 radical (unpaired) electrons. The molecule has 0 amide bonds. The maximum absolute atomic E-state index is 11.1. The van der Waals surface area contributed by atoms with Gasteiger partial charge in [-0.2, -0.15) is 26.6 Å². The molecule has 2 aromatic carbocycles. The van der Waals surface area contributed by atoms with Crippen LogP contribution in [0.4, 0.5) is 16.2 Å². The third-order valence-electron chi connectivity index (χ3n) is 3.77. The summed E-state index contributed by atoms with van der Waals surface area (Å²) in [6, 6.07) is 8.80. The molecule has 1 heterocycles. The van der Waals surface area contributed by atoms with Gasteiger partial charge in [0.2, 0.25) is 11.6 Å². The zero-order valence-electron chi connectivity index (χ0n) is 15.5. The van der Waals surface area contributed by atoms with Crippen LogP contribution < -0.4 is 4.74 Å². The maximum atomic E-state index is 11.1. The average molecular weight is 556 g/mol. The predicted octanol–water partition coefficient (Wildman–Crippen LogP) is 0.598. The van der Waals surface area contributed by atoms with E-state index in [1.165, 1.54) is 12.1 Å². The number of azo groups is 1. The van der Waals surface area contributed by atoms with Gasteiger partial charge in [-0.15, -0.1) is 10.2 Å². The molecule has 0 aliphatic carbocycles. The molecular weight excluding hydrogens is 541 g/mol. The van der Waals surface area contributed by atoms with Crippen molar-refractivity contribution >= 4 is 126 Å². The van der Waals surface area contributed by atoms with Gasteiger partial charge >= 0.3 is 94.8 Å². The summed E-state index contributed by atoms with van der Waals surface area (Å²) in [5.74, 6) is -1.38. The Hall–Kier alpha value is -0.860. The Balaban J connectivity index is 0.00000385. The molecule has 0 aliphatic heterocycles. The van der Waals surface area contributed by atoms with E-state index in [-0.39, 0.29) is 100 Å². The van der Waals surface area contributed by atoms with Crippen LogP contribution in [-0.2, 0) is 20.2 Å². The van der Waals surface area contributed by atoms with Crippen LogP contribution >= 0.6 is 0 Å². The van der Waals surface area contributed by atoms with E-state index in [4.69, 9.17) is 14.2 Å². The number of aromatic hydroxyl groups is 1. The van der Waals surface area contributed by atoms with Crippen LogP contribution in [0.25, 0.3) is 5.69 Å². The molecule has 0 fully saturated rings. The molecule has 3 rings (SSSR count). The van der Waals surface area contributed by atoms with Gasteiger partial charge in [-0.3, -0.25) is 9.11 Å². The van der Waals surface area contributed by atoms with Crippen molar-refractivity contribution in [1.29, 1.82) is 0 Å². The summed E-state index contributed by atoms with van der Waals surface area (Å²) >= 11 is 0. The number of rotatable bonds is 6. The minimum atomic E-state index is -4.46. The average Bonchev–Trinajstić information content (AvgIpc) is 3.00. The molecule has 0 saturated carbocycles. The standard InChI is InChI=1S/C16H12N4O10S2.3Na.3H/c21-15-13(18-17-9-1-5-11(6-2-9)31(24,25)26)14(30-16(22)23)19-20(15)10-3-7-12(8-4-10)32(27,28)29;;;;;;/h1-8,21H,(H,22,23)(H,24,25,26)(H,27,28,29);;;;;;. The first-order valence-electron chi connectivity index (χ1n) is 8.16. The fourth-order valence-electron chi connectivity index (χ4n) is 2.35. The van der Waals surface area contributed by atoms with Gasteiger partial charge in [0.05, 0.1) is 21.2 Å². The zero-order valence-corrected chi connectivity index (χ0v) is 17.1. The van der Waals surface area contributed by atoms with Gasteiger partial charge in [-0.05, 0) is 48.5 Å². The van der Waals surface area contributed by atoms with Crippen LogP contribution in [0.5, 0.6) is 11.8 Å². The van der Waals surface area contributed by atoms with Crippen molar-refractivity contribution in [2.24, 2.45) is 10.2 Å². The van der Waals surface area contributed by atoms with Crippen LogP contribution in [0.3, 0.4) is 0 Å². The number of nitrogens with zero attached hydrogens (tertiary/aromatic N) is 4. The summed E-state index contributed by atoms with van der Waals surface area (Å²) in [5, 5.41) is 30.5. The number of carboxylic acid groups (broad SMARTS) is 1. The summed E-state index contributed by atoms with van der Waals surface area (Å²) in [5.41, 5.74) is -0.377. The summed E-state index contributed by atoms with van der Waals surface area (Å²) in [7, 11) is -8.88. The van der Waals surface area contributed by atoms with Crippen molar-refractivity contribution < 1.29 is 45.7 Å². The number of hydrogen-bond donors (Lipinski definition) is 4. The van der Waals surface area contributed by atoms with Gasteiger partial charge in [0.15, 0.2) is 0 Å². The first kappa shape index (κ1) is 34.1. The Morgan fingerprint density at radius 3 is 1.71 bits per heavy atom.